The molecule has 0 aromatic carbocycles. The number of primary amides is 1. The van der Waals surface area contributed by atoms with Gasteiger partial charge in [-0.05, 0) is 25.7 Å². The Labute approximate surface area is 97.6 Å². The van der Waals surface area contributed by atoms with Gasteiger partial charge in [-0.15, -0.1) is 0 Å². The summed E-state index contributed by atoms with van der Waals surface area (Å²) < 4.78 is 0. The zero-order chi connectivity index (χ0) is 11.6. The van der Waals surface area contributed by atoms with Crippen molar-refractivity contribution in [3.05, 3.63) is 0 Å². The minimum atomic E-state index is -0.418. The molecule has 3 N–H and O–H groups in total. The number of hydrogen-bond acceptors (Lipinski definition) is 3. The van der Waals surface area contributed by atoms with E-state index in [1.807, 2.05) is 0 Å². The zero-order valence-electron chi connectivity index (χ0n) is 10.2. The number of carbonyl (C=O) groups excluding carboxylic acids is 1. The SMILES string of the molecule is CC(C(N)=O)(C1CCCC1)N1CCNCC1. The Bertz CT molecular complexity index is 257. The number of nitrogens with zero attached hydrogens (tertiary/aromatic N) is 1. The summed E-state index contributed by atoms with van der Waals surface area (Å²) >= 11 is 0. The van der Waals surface area contributed by atoms with Crippen LogP contribution in [0.2, 0.25) is 0 Å². The van der Waals surface area contributed by atoms with E-state index in [0.717, 1.165) is 39.0 Å². The second-order valence-corrected chi connectivity index (χ2v) is 5.23. The van der Waals surface area contributed by atoms with E-state index in [-0.39, 0.29) is 5.91 Å². The molecule has 1 aliphatic heterocycles. The van der Waals surface area contributed by atoms with Crippen LogP contribution in [0.25, 0.3) is 0 Å². The molecule has 1 saturated heterocycles. The van der Waals surface area contributed by atoms with Crippen LogP contribution in [0.5, 0.6) is 0 Å². The van der Waals surface area contributed by atoms with Crippen molar-refractivity contribution in [1.29, 1.82) is 0 Å². The number of hydrogen-bond donors (Lipinski definition) is 2. The van der Waals surface area contributed by atoms with Crippen LogP contribution in [0.15, 0.2) is 0 Å². The normalized spacial score (nSPS) is 27.8. The summed E-state index contributed by atoms with van der Waals surface area (Å²) in [6.07, 6.45) is 4.81. The minimum absolute atomic E-state index is 0.138. The third-order valence-electron chi connectivity index (χ3n) is 4.42. The van der Waals surface area contributed by atoms with Crippen LogP contribution in [0.4, 0.5) is 0 Å². The number of nitrogens with two attached hydrogens (primary N) is 1. The van der Waals surface area contributed by atoms with Crippen molar-refractivity contribution in [1.82, 2.24) is 10.2 Å². The highest BCUT2D eigenvalue weighted by Gasteiger charge is 2.45. The molecule has 16 heavy (non-hydrogen) atoms. The monoisotopic (exact) mass is 225 g/mol. The molecule has 0 aromatic rings. The highest BCUT2D eigenvalue weighted by atomic mass is 16.1. The van der Waals surface area contributed by atoms with E-state index >= 15 is 0 Å². The van der Waals surface area contributed by atoms with E-state index in [1.54, 1.807) is 0 Å². The van der Waals surface area contributed by atoms with Gasteiger partial charge in [-0.3, -0.25) is 9.69 Å². The summed E-state index contributed by atoms with van der Waals surface area (Å²) in [6.45, 7) is 5.87. The van der Waals surface area contributed by atoms with E-state index < -0.39 is 5.54 Å². The summed E-state index contributed by atoms with van der Waals surface area (Å²) in [6, 6.07) is 0. The predicted octanol–water partition coefficient (Wildman–Crippen LogP) is 0.326. The summed E-state index contributed by atoms with van der Waals surface area (Å²) in [5.41, 5.74) is 5.26. The van der Waals surface area contributed by atoms with Gasteiger partial charge in [0.2, 0.25) is 5.91 Å². The van der Waals surface area contributed by atoms with Gasteiger partial charge in [0.05, 0.1) is 0 Å². The van der Waals surface area contributed by atoms with Crippen LogP contribution in [-0.2, 0) is 4.79 Å². The number of rotatable bonds is 3. The van der Waals surface area contributed by atoms with Crippen molar-refractivity contribution in [2.24, 2.45) is 11.7 Å². The van der Waals surface area contributed by atoms with E-state index in [9.17, 15) is 4.79 Å². The summed E-state index contributed by atoms with van der Waals surface area (Å²) in [4.78, 5) is 14.2. The predicted molar refractivity (Wildman–Crippen MR) is 64.0 cm³/mol. The molecule has 1 aliphatic carbocycles. The molecule has 0 spiro atoms. The lowest BCUT2D eigenvalue weighted by Gasteiger charge is -2.45. The van der Waals surface area contributed by atoms with Gasteiger partial charge in [0.15, 0.2) is 0 Å². The Balaban J connectivity index is 2.15. The molecule has 1 atom stereocenters. The standard InChI is InChI=1S/C12H23N3O/c1-12(11(13)16,10-4-2-3-5-10)15-8-6-14-7-9-15/h10,14H,2-9H2,1H3,(H2,13,16). The summed E-state index contributed by atoms with van der Waals surface area (Å²) in [5.74, 6) is 0.324. The summed E-state index contributed by atoms with van der Waals surface area (Å²) in [7, 11) is 0. The molecule has 0 radical (unpaired) electrons. The highest BCUT2D eigenvalue weighted by molar-refractivity contribution is 5.84. The van der Waals surface area contributed by atoms with Gasteiger partial charge in [-0.2, -0.15) is 0 Å². The van der Waals surface area contributed by atoms with Gasteiger partial charge in [0, 0.05) is 26.2 Å². The smallest absolute Gasteiger partial charge is 0.237 e. The molecule has 4 heteroatoms. The topological polar surface area (TPSA) is 58.4 Å². The fourth-order valence-electron chi connectivity index (χ4n) is 3.23. The molecule has 4 nitrogen and oxygen atoms in total. The average molecular weight is 225 g/mol. The first-order valence-electron chi connectivity index (χ1n) is 6.41. The number of amides is 1. The Morgan fingerprint density at radius 3 is 2.38 bits per heavy atom. The second kappa shape index (κ2) is 4.72. The van der Waals surface area contributed by atoms with Gasteiger partial charge in [0.25, 0.3) is 0 Å². The molecule has 0 bridgehead atoms. The lowest BCUT2D eigenvalue weighted by atomic mass is 9.81. The van der Waals surface area contributed by atoms with Gasteiger partial charge >= 0.3 is 0 Å². The first-order chi connectivity index (χ1) is 7.65. The molecule has 2 rings (SSSR count). The molecule has 1 unspecified atom stereocenters. The molecule has 0 aromatic heterocycles. The quantitative estimate of drug-likeness (QED) is 0.727. The Morgan fingerprint density at radius 1 is 1.31 bits per heavy atom. The third kappa shape index (κ3) is 1.96. The van der Waals surface area contributed by atoms with Crippen LogP contribution in [0.3, 0.4) is 0 Å². The van der Waals surface area contributed by atoms with Crippen molar-refractivity contribution in [2.75, 3.05) is 26.2 Å². The molecule has 1 heterocycles. The Morgan fingerprint density at radius 2 is 1.88 bits per heavy atom. The lowest BCUT2D eigenvalue weighted by Crippen LogP contribution is -2.63. The van der Waals surface area contributed by atoms with Crippen molar-refractivity contribution in [3.63, 3.8) is 0 Å². The van der Waals surface area contributed by atoms with Crippen LogP contribution < -0.4 is 11.1 Å². The largest absolute Gasteiger partial charge is 0.368 e. The number of nitrogens with one attached hydrogen (secondary N) is 1. The second-order valence-electron chi connectivity index (χ2n) is 5.23. The molecular formula is C12H23N3O. The Kier molecular flexibility index (Phi) is 3.50. The first kappa shape index (κ1) is 11.9. The van der Waals surface area contributed by atoms with E-state index in [1.165, 1.54) is 12.8 Å². The molecule has 92 valence electrons. The maximum absolute atomic E-state index is 11.9. The number of carbonyl (C=O) groups is 1. The maximum atomic E-state index is 11.9. The van der Waals surface area contributed by atoms with Gasteiger partial charge in [-0.25, -0.2) is 0 Å². The van der Waals surface area contributed by atoms with Gasteiger partial charge in [-0.1, -0.05) is 12.8 Å². The van der Waals surface area contributed by atoms with Gasteiger partial charge < -0.3 is 11.1 Å². The fraction of sp³-hybridized carbons (Fsp3) is 0.917. The molecule has 1 saturated carbocycles. The molecule has 1 amide bonds. The average Bonchev–Trinajstić information content (AvgIpc) is 2.82. The lowest BCUT2D eigenvalue weighted by molar-refractivity contribution is -0.133. The van der Waals surface area contributed by atoms with E-state index in [0.29, 0.717) is 5.92 Å². The van der Waals surface area contributed by atoms with Crippen molar-refractivity contribution < 1.29 is 4.79 Å². The van der Waals surface area contributed by atoms with Crippen LogP contribution in [-0.4, -0.2) is 42.5 Å². The molecule has 2 fully saturated rings. The van der Waals surface area contributed by atoms with Crippen molar-refractivity contribution >= 4 is 5.91 Å². The summed E-state index contributed by atoms with van der Waals surface area (Å²) in [5, 5.41) is 3.32. The van der Waals surface area contributed by atoms with Crippen LogP contribution in [0, 0.1) is 5.92 Å². The fourth-order valence-corrected chi connectivity index (χ4v) is 3.23. The molecule has 2 aliphatic rings. The van der Waals surface area contributed by atoms with Gasteiger partial charge in [0.1, 0.15) is 5.54 Å². The zero-order valence-corrected chi connectivity index (χ0v) is 10.2. The van der Waals surface area contributed by atoms with E-state index in [4.69, 9.17) is 5.73 Å². The van der Waals surface area contributed by atoms with Crippen molar-refractivity contribution in [2.45, 2.75) is 38.1 Å². The van der Waals surface area contributed by atoms with E-state index in [2.05, 4.69) is 17.1 Å². The van der Waals surface area contributed by atoms with Crippen molar-refractivity contribution in [3.8, 4) is 0 Å². The third-order valence-corrected chi connectivity index (χ3v) is 4.42. The Hall–Kier alpha value is -0.610. The minimum Gasteiger partial charge on any atom is -0.368 e. The van der Waals surface area contributed by atoms with Crippen LogP contribution in [0.1, 0.15) is 32.6 Å². The maximum Gasteiger partial charge on any atom is 0.237 e. The first-order valence-corrected chi connectivity index (χ1v) is 6.41. The molecular weight excluding hydrogens is 202 g/mol. The number of piperazine rings is 1. The highest BCUT2D eigenvalue weighted by Crippen LogP contribution is 2.37. The van der Waals surface area contributed by atoms with Crippen LogP contribution >= 0.6 is 0 Å².